The van der Waals surface area contributed by atoms with Crippen LogP contribution in [0.15, 0.2) is 6.07 Å². The van der Waals surface area contributed by atoms with Gasteiger partial charge in [0.05, 0.1) is 12.7 Å². The van der Waals surface area contributed by atoms with Gasteiger partial charge in [0.25, 0.3) is 11.7 Å². The third kappa shape index (κ3) is 2.38. The first-order valence-corrected chi connectivity index (χ1v) is 4.07. The summed E-state index contributed by atoms with van der Waals surface area (Å²) in [4.78, 5) is 13.7. The molecule has 1 heterocycles. The fourth-order valence-electron chi connectivity index (χ4n) is 1.03. The molecular formula is C8H5ClF3NO2. The first kappa shape index (κ1) is 11.8. The summed E-state index contributed by atoms with van der Waals surface area (Å²) in [5.74, 6) is -1.72. The van der Waals surface area contributed by atoms with Crippen LogP contribution in [0.1, 0.15) is 22.5 Å². The molecule has 0 unspecified atom stereocenters. The van der Waals surface area contributed by atoms with Gasteiger partial charge < -0.3 is 4.74 Å². The number of methoxy groups -OCH3 is 1. The Bertz CT molecular complexity index is 398. The number of rotatable bonds is 3. The third-order valence-corrected chi connectivity index (χ3v) is 1.79. The zero-order valence-corrected chi connectivity index (χ0v) is 8.19. The second kappa shape index (κ2) is 4.48. The Hall–Kier alpha value is -1.30. The number of hydrogen-bond acceptors (Lipinski definition) is 3. The highest BCUT2D eigenvalue weighted by atomic mass is 35.5. The Balaban J connectivity index is 3.45. The van der Waals surface area contributed by atoms with Gasteiger partial charge in [-0.1, -0.05) is 0 Å². The van der Waals surface area contributed by atoms with Crippen LogP contribution < -0.4 is 4.74 Å². The molecule has 1 aromatic rings. The standard InChI is InChI=1S/C8H5ClF3NO2/c1-15-6-3(7(9)14)2-4(10)13-5(6)8(11)12/h2,8H,1H3. The summed E-state index contributed by atoms with van der Waals surface area (Å²) in [7, 11) is 1.06. The van der Waals surface area contributed by atoms with E-state index in [0.29, 0.717) is 6.07 Å². The number of pyridine rings is 1. The number of alkyl halides is 2. The number of carbonyl (C=O) groups excluding carboxylic acids is 1. The molecule has 0 bridgehead atoms. The smallest absolute Gasteiger partial charge is 0.284 e. The first-order chi connectivity index (χ1) is 6.97. The van der Waals surface area contributed by atoms with Gasteiger partial charge >= 0.3 is 0 Å². The zero-order chi connectivity index (χ0) is 11.6. The van der Waals surface area contributed by atoms with E-state index >= 15 is 0 Å². The maximum atomic E-state index is 12.8. The number of hydrogen-bond donors (Lipinski definition) is 0. The normalized spacial score (nSPS) is 10.5. The zero-order valence-electron chi connectivity index (χ0n) is 7.43. The minimum atomic E-state index is -3.05. The Morgan fingerprint density at radius 3 is 2.60 bits per heavy atom. The van der Waals surface area contributed by atoms with Gasteiger partial charge in [-0.05, 0) is 11.6 Å². The molecule has 0 radical (unpaired) electrons. The molecule has 0 saturated heterocycles. The van der Waals surface area contributed by atoms with E-state index in [0.717, 1.165) is 7.11 Å². The molecule has 0 saturated carbocycles. The van der Waals surface area contributed by atoms with Gasteiger partial charge in [-0.3, -0.25) is 4.79 Å². The average Bonchev–Trinajstić information content (AvgIpc) is 2.16. The van der Waals surface area contributed by atoms with Crippen molar-refractivity contribution in [2.24, 2.45) is 0 Å². The first-order valence-electron chi connectivity index (χ1n) is 3.69. The van der Waals surface area contributed by atoms with Crippen LogP contribution in [0.3, 0.4) is 0 Å². The van der Waals surface area contributed by atoms with Crippen LogP contribution in [0, 0.1) is 5.95 Å². The lowest BCUT2D eigenvalue weighted by Gasteiger charge is -2.09. The summed E-state index contributed by atoms with van der Waals surface area (Å²) in [6.45, 7) is 0. The van der Waals surface area contributed by atoms with Crippen LogP contribution >= 0.6 is 11.6 Å². The third-order valence-electron chi connectivity index (χ3n) is 1.59. The molecule has 0 spiro atoms. The molecule has 1 aromatic heterocycles. The summed E-state index contributed by atoms with van der Waals surface area (Å²) >= 11 is 5.08. The van der Waals surface area contributed by atoms with E-state index in [1.54, 1.807) is 0 Å². The molecule has 0 N–H and O–H groups in total. The highest BCUT2D eigenvalue weighted by Gasteiger charge is 2.23. The maximum absolute atomic E-state index is 12.8. The van der Waals surface area contributed by atoms with Crippen LogP contribution in [0.2, 0.25) is 0 Å². The fourth-order valence-corrected chi connectivity index (χ4v) is 1.17. The predicted octanol–water partition coefficient (Wildman–Crippen LogP) is 2.55. The number of ether oxygens (including phenoxy) is 1. The van der Waals surface area contributed by atoms with E-state index in [2.05, 4.69) is 9.72 Å². The van der Waals surface area contributed by atoms with E-state index in [1.165, 1.54) is 0 Å². The minimum Gasteiger partial charge on any atom is -0.494 e. The molecule has 0 aliphatic rings. The van der Waals surface area contributed by atoms with Crippen molar-refractivity contribution in [2.45, 2.75) is 6.43 Å². The van der Waals surface area contributed by atoms with Gasteiger partial charge in [-0.15, -0.1) is 0 Å². The molecule has 82 valence electrons. The quantitative estimate of drug-likeness (QED) is 0.601. The van der Waals surface area contributed by atoms with Crippen LogP contribution in [0.25, 0.3) is 0 Å². The van der Waals surface area contributed by atoms with Crippen molar-refractivity contribution >= 4 is 16.8 Å². The van der Waals surface area contributed by atoms with Crippen molar-refractivity contribution in [1.82, 2.24) is 4.98 Å². The van der Waals surface area contributed by atoms with E-state index in [4.69, 9.17) is 11.6 Å². The van der Waals surface area contributed by atoms with Crippen molar-refractivity contribution in [1.29, 1.82) is 0 Å². The number of halogens is 4. The molecule has 15 heavy (non-hydrogen) atoms. The Morgan fingerprint density at radius 2 is 2.20 bits per heavy atom. The lowest BCUT2D eigenvalue weighted by Crippen LogP contribution is -2.05. The molecule has 3 nitrogen and oxygen atoms in total. The second-order valence-corrected chi connectivity index (χ2v) is 2.83. The van der Waals surface area contributed by atoms with Crippen LogP contribution in [0.4, 0.5) is 13.2 Å². The highest BCUT2D eigenvalue weighted by molar-refractivity contribution is 6.68. The molecular weight excluding hydrogens is 235 g/mol. The maximum Gasteiger partial charge on any atom is 0.284 e. The lowest BCUT2D eigenvalue weighted by molar-refractivity contribution is 0.107. The number of nitrogens with zero attached hydrogens (tertiary/aromatic N) is 1. The topological polar surface area (TPSA) is 39.2 Å². The average molecular weight is 240 g/mol. The van der Waals surface area contributed by atoms with Gasteiger partial charge in [0.2, 0.25) is 5.95 Å². The minimum absolute atomic E-state index is 0.470. The van der Waals surface area contributed by atoms with Crippen molar-refractivity contribution in [3.63, 3.8) is 0 Å². The van der Waals surface area contributed by atoms with Gasteiger partial charge in [0.15, 0.2) is 11.4 Å². The second-order valence-electron chi connectivity index (χ2n) is 2.49. The summed E-state index contributed by atoms with van der Waals surface area (Å²) < 4.78 is 42.0. The van der Waals surface area contributed by atoms with Crippen LogP contribution in [-0.4, -0.2) is 17.3 Å². The SMILES string of the molecule is COc1c(C(=O)Cl)cc(F)nc1C(F)F. The molecule has 0 aliphatic heterocycles. The summed E-state index contributed by atoms with van der Waals surface area (Å²) in [6, 6.07) is 0.639. The Morgan fingerprint density at radius 1 is 1.60 bits per heavy atom. The summed E-state index contributed by atoms with van der Waals surface area (Å²) in [5, 5.41) is -1.09. The lowest BCUT2D eigenvalue weighted by atomic mass is 10.2. The van der Waals surface area contributed by atoms with Crippen molar-refractivity contribution in [3.8, 4) is 5.75 Å². The van der Waals surface area contributed by atoms with Crippen LogP contribution in [0.5, 0.6) is 5.75 Å². The Labute approximate surface area is 87.8 Å². The molecule has 0 atom stereocenters. The monoisotopic (exact) mass is 239 g/mol. The fraction of sp³-hybridized carbons (Fsp3) is 0.250. The molecule has 0 aromatic carbocycles. The van der Waals surface area contributed by atoms with Gasteiger partial charge in [-0.25, -0.2) is 13.8 Å². The number of carbonyl (C=O) groups is 1. The van der Waals surface area contributed by atoms with Crippen molar-refractivity contribution in [2.75, 3.05) is 7.11 Å². The largest absolute Gasteiger partial charge is 0.494 e. The highest BCUT2D eigenvalue weighted by Crippen LogP contribution is 2.31. The van der Waals surface area contributed by atoms with E-state index in [1.807, 2.05) is 0 Å². The Kier molecular flexibility index (Phi) is 3.52. The molecule has 0 amide bonds. The van der Waals surface area contributed by atoms with Crippen LogP contribution in [-0.2, 0) is 0 Å². The number of aromatic nitrogens is 1. The van der Waals surface area contributed by atoms with Gasteiger partial charge in [0.1, 0.15) is 0 Å². The summed E-state index contributed by atoms with van der Waals surface area (Å²) in [5.41, 5.74) is -1.41. The van der Waals surface area contributed by atoms with E-state index in [-0.39, 0.29) is 0 Å². The van der Waals surface area contributed by atoms with Gasteiger partial charge in [0, 0.05) is 6.07 Å². The summed E-state index contributed by atoms with van der Waals surface area (Å²) in [6.07, 6.45) is -3.05. The van der Waals surface area contributed by atoms with E-state index < -0.39 is 34.6 Å². The molecule has 1 rings (SSSR count). The van der Waals surface area contributed by atoms with Gasteiger partial charge in [-0.2, -0.15) is 4.39 Å². The molecule has 7 heteroatoms. The molecule has 0 fully saturated rings. The van der Waals surface area contributed by atoms with Crippen molar-refractivity contribution < 1.29 is 22.7 Å². The predicted molar refractivity (Wildman–Crippen MR) is 45.9 cm³/mol. The van der Waals surface area contributed by atoms with E-state index in [9.17, 15) is 18.0 Å². The molecule has 0 aliphatic carbocycles. The van der Waals surface area contributed by atoms with Crippen molar-refractivity contribution in [3.05, 3.63) is 23.3 Å².